The van der Waals surface area contributed by atoms with Gasteiger partial charge in [-0.2, -0.15) is 13.2 Å². The Balaban J connectivity index is 1.51. The number of nitrogen functional groups attached to an aromatic ring is 1. The van der Waals surface area contributed by atoms with Gasteiger partial charge >= 0.3 is 12.3 Å². The zero-order valence-electron chi connectivity index (χ0n) is 20.2. The fourth-order valence-corrected chi connectivity index (χ4v) is 4.15. The maximum absolute atomic E-state index is 13.8. The van der Waals surface area contributed by atoms with Crippen LogP contribution < -0.4 is 11.1 Å². The highest BCUT2D eigenvalue weighted by molar-refractivity contribution is 5.96. The molecule has 1 fully saturated rings. The molecular formula is C24H29F3N6O3. The first kappa shape index (κ1) is 25.5. The van der Waals surface area contributed by atoms with Crippen LogP contribution in [0.4, 0.5) is 29.6 Å². The van der Waals surface area contributed by atoms with Crippen LogP contribution in [-0.4, -0.2) is 62.4 Å². The van der Waals surface area contributed by atoms with Crippen molar-refractivity contribution in [2.75, 3.05) is 30.7 Å². The van der Waals surface area contributed by atoms with E-state index in [9.17, 15) is 23.1 Å². The van der Waals surface area contributed by atoms with Gasteiger partial charge in [0, 0.05) is 53.6 Å². The van der Waals surface area contributed by atoms with Crippen LogP contribution in [0.5, 0.6) is 0 Å². The number of anilines is 2. The maximum Gasteiger partial charge on any atom is 0.419 e. The van der Waals surface area contributed by atoms with Gasteiger partial charge in [-0.1, -0.05) is 6.07 Å². The Kier molecular flexibility index (Phi) is 6.74. The molecule has 2 aromatic heterocycles. The first-order valence-corrected chi connectivity index (χ1v) is 11.5. The lowest BCUT2D eigenvalue weighted by Gasteiger charge is -2.36. The van der Waals surface area contributed by atoms with Gasteiger partial charge in [0.25, 0.3) is 0 Å². The number of β-amino-alcohol motifs (C(OH)–C–C–N with tert-alkyl or cyclic N) is 1. The SMILES string of the molecule is CC(C)(C)OC(=O)N1CC[C@H](CNc2ncc(C(F)(F)F)c(-c3c[nH]c4cc(N)ccc34)n2)[C@@H](O)C1. The summed E-state index contributed by atoms with van der Waals surface area (Å²) in [5, 5.41) is 14.1. The highest BCUT2D eigenvalue weighted by Crippen LogP contribution is 2.39. The number of likely N-dealkylation sites (tertiary alicyclic amines) is 1. The minimum absolute atomic E-state index is 0.00423. The number of amides is 1. The highest BCUT2D eigenvalue weighted by atomic mass is 19.4. The molecule has 0 unspecified atom stereocenters. The largest absolute Gasteiger partial charge is 0.444 e. The monoisotopic (exact) mass is 506 g/mol. The van der Waals surface area contributed by atoms with Gasteiger partial charge in [0.15, 0.2) is 0 Å². The number of nitrogens with one attached hydrogen (secondary N) is 2. The molecule has 2 atom stereocenters. The van der Waals surface area contributed by atoms with Crippen molar-refractivity contribution < 1.29 is 27.8 Å². The van der Waals surface area contributed by atoms with Crippen LogP contribution >= 0.6 is 0 Å². The van der Waals surface area contributed by atoms with Crippen LogP contribution in [0.15, 0.2) is 30.6 Å². The van der Waals surface area contributed by atoms with Gasteiger partial charge in [-0.3, -0.25) is 0 Å². The molecule has 0 saturated carbocycles. The first-order valence-electron chi connectivity index (χ1n) is 11.5. The predicted octanol–water partition coefficient (Wildman–Crippen LogP) is 4.26. The smallest absolute Gasteiger partial charge is 0.419 e. The van der Waals surface area contributed by atoms with Crippen molar-refractivity contribution in [3.05, 3.63) is 36.2 Å². The molecule has 1 aromatic carbocycles. The molecule has 1 aliphatic rings. The second-order valence-electron chi connectivity index (χ2n) is 9.88. The average molecular weight is 507 g/mol. The summed E-state index contributed by atoms with van der Waals surface area (Å²) >= 11 is 0. The molecule has 1 saturated heterocycles. The molecule has 0 aliphatic carbocycles. The summed E-state index contributed by atoms with van der Waals surface area (Å²) in [6, 6.07) is 4.89. The third-order valence-corrected chi connectivity index (χ3v) is 5.95. The number of halogens is 3. The lowest BCUT2D eigenvalue weighted by molar-refractivity contribution is -0.137. The minimum Gasteiger partial charge on any atom is -0.444 e. The van der Waals surface area contributed by atoms with Crippen molar-refractivity contribution in [2.45, 2.75) is 45.1 Å². The average Bonchev–Trinajstić information content (AvgIpc) is 3.19. The number of piperidine rings is 1. The van der Waals surface area contributed by atoms with Gasteiger partial charge in [-0.15, -0.1) is 0 Å². The van der Waals surface area contributed by atoms with Crippen molar-refractivity contribution in [1.29, 1.82) is 0 Å². The minimum atomic E-state index is -4.66. The van der Waals surface area contributed by atoms with Gasteiger partial charge < -0.3 is 30.8 Å². The molecule has 4 rings (SSSR count). The standard InChI is InChI=1S/C24H29F3N6O3/c1-23(2,3)36-22(35)33-7-6-13(19(34)12-33)9-30-21-31-11-17(24(25,26)27)20(32-21)16-10-29-18-8-14(28)4-5-15(16)18/h4-5,8,10-11,13,19,29,34H,6-7,9,12,28H2,1-3H3,(H,30,31,32)/t13-,19+/m1/s1. The third-order valence-electron chi connectivity index (χ3n) is 5.95. The number of alkyl halides is 3. The summed E-state index contributed by atoms with van der Waals surface area (Å²) in [5.41, 5.74) is 5.25. The zero-order valence-corrected chi connectivity index (χ0v) is 20.2. The fraction of sp³-hybridized carbons (Fsp3) is 0.458. The number of ether oxygens (including phenoxy) is 1. The maximum atomic E-state index is 13.8. The summed E-state index contributed by atoms with van der Waals surface area (Å²) in [6.07, 6.45) is -3.30. The van der Waals surface area contributed by atoms with Crippen molar-refractivity contribution in [3.63, 3.8) is 0 Å². The number of aliphatic hydroxyl groups excluding tert-OH is 1. The number of nitrogens with two attached hydrogens (primary N) is 1. The Hall–Kier alpha value is -3.54. The molecule has 0 bridgehead atoms. The van der Waals surface area contributed by atoms with Gasteiger partial charge in [-0.25, -0.2) is 14.8 Å². The van der Waals surface area contributed by atoms with E-state index in [4.69, 9.17) is 10.5 Å². The zero-order chi connectivity index (χ0) is 26.3. The Bertz CT molecular complexity index is 1250. The second-order valence-corrected chi connectivity index (χ2v) is 9.88. The van der Waals surface area contributed by atoms with E-state index in [-0.39, 0.29) is 36.2 Å². The lowest BCUT2D eigenvalue weighted by atomic mass is 9.94. The third kappa shape index (κ3) is 5.64. The molecular weight excluding hydrogens is 477 g/mol. The second kappa shape index (κ2) is 9.49. The number of carbonyl (C=O) groups excluding carboxylic acids is 1. The van der Waals surface area contributed by atoms with E-state index >= 15 is 0 Å². The van der Waals surface area contributed by atoms with Crippen molar-refractivity contribution >= 4 is 28.6 Å². The number of nitrogens with zero attached hydrogens (tertiary/aromatic N) is 3. The van der Waals surface area contributed by atoms with Crippen LogP contribution in [0.25, 0.3) is 22.2 Å². The lowest BCUT2D eigenvalue weighted by Crippen LogP contribution is -2.49. The number of fused-ring (bicyclic) bond motifs is 1. The highest BCUT2D eigenvalue weighted by Gasteiger charge is 2.36. The first-order chi connectivity index (χ1) is 16.8. The van der Waals surface area contributed by atoms with Crippen LogP contribution in [0.3, 0.4) is 0 Å². The number of aromatic nitrogens is 3. The summed E-state index contributed by atoms with van der Waals surface area (Å²) in [6.45, 7) is 6.00. The van der Waals surface area contributed by atoms with Crippen molar-refractivity contribution in [3.8, 4) is 11.3 Å². The van der Waals surface area contributed by atoms with E-state index in [1.165, 1.54) is 11.1 Å². The van der Waals surface area contributed by atoms with Crippen LogP contribution in [0.2, 0.25) is 0 Å². The van der Waals surface area contributed by atoms with E-state index in [1.54, 1.807) is 39.0 Å². The number of rotatable bonds is 4. The van der Waals surface area contributed by atoms with Gasteiger partial charge in [0.05, 0.1) is 18.3 Å². The molecule has 194 valence electrons. The Morgan fingerprint density at radius 2 is 2.08 bits per heavy atom. The van der Waals surface area contributed by atoms with E-state index in [0.29, 0.717) is 29.6 Å². The summed E-state index contributed by atoms with van der Waals surface area (Å²) in [5.74, 6) is -0.251. The molecule has 9 nitrogen and oxygen atoms in total. The molecule has 5 N–H and O–H groups in total. The van der Waals surface area contributed by atoms with Gasteiger partial charge in [-0.05, 0) is 39.3 Å². The normalized spacial score (nSPS) is 18.9. The fourth-order valence-electron chi connectivity index (χ4n) is 4.15. The van der Waals surface area contributed by atoms with Crippen LogP contribution in [0, 0.1) is 5.92 Å². The molecule has 0 radical (unpaired) electrons. The Morgan fingerprint density at radius 1 is 1.33 bits per heavy atom. The van der Waals surface area contributed by atoms with E-state index < -0.39 is 29.5 Å². The summed E-state index contributed by atoms with van der Waals surface area (Å²) in [4.78, 5) is 24.7. The Labute approximate surface area is 205 Å². The molecule has 0 spiro atoms. The number of carbonyl (C=O) groups is 1. The number of hydrogen-bond acceptors (Lipinski definition) is 7. The molecule has 1 aliphatic heterocycles. The molecule has 1 amide bonds. The van der Waals surface area contributed by atoms with E-state index in [1.807, 2.05) is 0 Å². The van der Waals surface area contributed by atoms with Crippen molar-refractivity contribution in [2.24, 2.45) is 5.92 Å². The number of benzene rings is 1. The van der Waals surface area contributed by atoms with Gasteiger partial charge in [0.2, 0.25) is 5.95 Å². The Morgan fingerprint density at radius 3 is 2.75 bits per heavy atom. The van der Waals surface area contributed by atoms with E-state index in [0.717, 1.165) is 6.20 Å². The van der Waals surface area contributed by atoms with Crippen LogP contribution in [0.1, 0.15) is 32.8 Å². The van der Waals surface area contributed by atoms with Crippen LogP contribution in [-0.2, 0) is 10.9 Å². The molecule has 3 heterocycles. The summed E-state index contributed by atoms with van der Waals surface area (Å²) in [7, 11) is 0. The number of aromatic amines is 1. The number of H-pyrrole nitrogens is 1. The molecule has 3 aromatic rings. The molecule has 12 heteroatoms. The topological polar surface area (TPSA) is 129 Å². The quantitative estimate of drug-likeness (QED) is 0.389. The van der Waals surface area contributed by atoms with Crippen molar-refractivity contribution in [1.82, 2.24) is 19.9 Å². The summed E-state index contributed by atoms with van der Waals surface area (Å²) < 4.78 is 46.6. The predicted molar refractivity (Wildman–Crippen MR) is 129 cm³/mol. The van der Waals surface area contributed by atoms with E-state index in [2.05, 4.69) is 20.3 Å². The number of hydrogen-bond donors (Lipinski definition) is 4. The van der Waals surface area contributed by atoms with Gasteiger partial charge in [0.1, 0.15) is 11.2 Å². The molecule has 36 heavy (non-hydrogen) atoms. The number of aliphatic hydroxyl groups is 1.